The fraction of sp³-hybridized carbons (Fsp3) is 0.591. The van der Waals surface area contributed by atoms with Gasteiger partial charge in [0.1, 0.15) is 12.6 Å². The van der Waals surface area contributed by atoms with Crippen LogP contribution in [0.5, 0.6) is 0 Å². The molecule has 2 bridgehead atoms. The largest absolute Gasteiger partial charge is 0.352 e. The maximum Gasteiger partial charge on any atom is 0.345 e. The van der Waals surface area contributed by atoms with E-state index in [0.29, 0.717) is 19.6 Å². The monoisotopic (exact) mass is 412 g/mol. The van der Waals surface area contributed by atoms with E-state index in [2.05, 4.69) is 5.32 Å². The first kappa shape index (κ1) is 19.4. The number of amides is 4. The highest BCUT2D eigenvalue weighted by atomic mass is 16.7. The van der Waals surface area contributed by atoms with Crippen molar-refractivity contribution in [2.45, 2.75) is 57.3 Å². The minimum atomic E-state index is -0.425. The molecule has 4 aliphatic rings. The van der Waals surface area contributed by atoms with Crippen LogP contribution >= 0.6 is 0 Å². The Morgan fingerprint density at radius 3 is 2.60 bits per heavy atom. The molecule has 0 aromatic heterocycles. The summed E-state index contributed by atoms with van der Waals surface area (Å²) in [6.07, 6.45) is 3.25. The summed E-state index contributed by atoms with van der Waals surface area (Å²) in [5, 5.41) is 4.60. The Labute approximate surface area is 176 Å². The molecule has 1 aliphatic carbocycles. The number of hydrogen-bond acceptors (Lipinski definition) is 4. The minimum Gasteiger partial charge on any atom is -0.352 e. The summed E-state index contributed by atoms with van der Waals surface area (Å²) >= 11 is 0. The summed E-state index contributed by atoms with van der Waals surface area (Å²) in [6, 6.07) is 9.27. The Kier molecular flexibility index (Phi) is 4.69. The lowest BCUT2D eigenvalue weighted by Crippen LogP contribution is -2.68. The second-order valence-corrected chi connectivity index (χ2v) is 9.26. The number of nitrogens with zero attached hydrogens (tertiary/aromatic N) is 3. The summed E-state index contributed by atoms with van der Waals surface area (Å²) in [6.45, 7) is 4.08. The van der Waals surface area contributed by atoms with Gasteiger partial charge in [-0.1, -0.05) is 30.3 Å². The number of nitrogens with one attached hydrogen (secondary N) is 1. The zero-order valence-corrected chi connectivity index (χ0v) is 17.3. The molecule has 1 aromatic rings. The molecule has 30 heavy (non-hydrogen) atoms. The quantitative estimate of drug-likeness (QED) is 0.795. The third-order valence-corrected chi connectivity index (χ3v) is 7.04. The molecule has 8 nitrogen and oxygen atoms in total. The normalized spacial score (nSPS) is 27.1. The first-order valence-electron chi connectivity index (χ1n) is 10.8. The highest BCUT2D eigenvalue weighted by Crippen LogP contribution is 2.48. The third kappa shape index (κ3) is 3.33. The number of hydrogen-bond donors (Lipinski definition) is 1. The molecule has 8 heteroatoms. The predicted octanol–water partition coefficient (Wildman–Crippen LogP) is 1.51. The summed E-state index contributed by atoms with van der Waals surface area (Å²) < 4.78 is 0. The van der Waals surface area contributed by atoms with Crippen molar-refractivity contribution < 1.29 is 19.2 Å². The van der Waals surface area contributed by atoms with Crippen LogP contribution in [0.4, 0.5) is 4.79 Å². The standard InChI is InChI=1S/C22H28N4O4/c1-15(27)24-13-22(14-24)9-17(10-22)23-20(28)19-8-7-18-11-25(19)21(29)26(18)30-12-16-5-3-2-4-6-16/h2-6,17-19H,7-14H2,1H3,(H,23,28)/t18-,19+/m1/s1. The zero-order chi connectivity index (χ0) is 20.9. The van der Waals surface area contributed by atoms with E-state index < -0.39 is 6.04 Å². The number of urea groups is 1. The second kappa shape index (κ2) is 7.27. The summed E-state index contributed by atoms with van der Waals surface area (Å²) in [5.74, 6) is 0.0609. The molecule has 3 heterocycles. The number of piperidine rings is 1. The van der Waals surface area contributed by atoms with Gasteiger partial charge in [0.15, 0.2) is 0 Å². The van der Waals surface area contributed by atoms with E-state index in [4.69, 9.17) is 4.84 Å². The average Bonchev–Trinajstić information content (AvgIpc) is 2.91. The number of carbonyl (C=O) groups excluding carboxylic acids is 3. The van der Waals surface area contributed by atoms with Crippen LogP contribution < -0.4 is 5.32 Å². The molecule has 1 saturated carbocycles. The topological polar surface area (TPSA) is 82.2 Å². The summed E-state index contributed by atoms with van der Waals surface area (Å²) in [4.78, 5) is 46.4. The predicted molar refractivity (Wildman–Crippen MR) is 108 cm³/mol. The lowest BCUT2D eigenvalue weighted by molar-refractivity contribution is -0.151. The van der Waals surface area contributed by atoms with Crippen LogP contribution in [0, 0.1) is 5.41 Å². The molecular weight excluding hydrogens is 384 g/mol. The molecule has 5 rings (SSSR count). The summed E-state index contributed by atoms with van der Waals surface area (Å²) in [7, 11) is 0. The van der Waals surface area contributed by atoms with Gasteiger partial charge in [0.25, 0.3) is 0 Å². The SMILES string of the molecule is CC(=O)N1CC2(CC(NC(=O)[C@@H]3CC[C@@H]4CN3C(=O)N4OCc3ccccc3)C2)C1. The lowest BCUT2D eigenvalue weighted by atomic mass is 9.60. The van der Waals surface area contributed by atoms with E-state index in [1.165, 1.54) is 5.06 Å². The van der Waals surface area contributed by atoms with Crippen LogP contribution in [0.1, 0.15) is 38.2 Å². The molecule has 4 amide bonds. The van der Waals surface area contributed by atoms with Gasteiger partial charge >= 0.3 is 6.03 Å². The highest BCUT2D eigenvalue weighted by molar-refractivity contribution is 5.88. The van der Waals surface area contributed by atoms with Crippen molar-refractivity contribution in [3.8, 4) is 0 Å². The van der Waals surface area contributed by atoms with E-state index in [1.54, 1.807) is 11.8 Å². The minimum absolute atomic E-state index is 0.00442. The number of carbonyl (C=O) groups is 3. The van der Waals surface area contributed by atoms with Gasteiger partial charge in [-0.25, -0.2) is 4.79 Å². The first-order valence-corrected chi connectivity index (χ1v) is 10.8. The van der Waals surface area contributed by atoms with Gasteiger partial charge in [-0.3, -0.25) is 14.4 Å². The van der Waals surface area contributed by atoms with Gasteiger partial charge < -0.3 is 15.1 Å². The van der Waals surface area contributed by atoms with Crippen molar-refractivity contribution in [3.05, 3.63) is 35.9 Å². The Hall–Kier alpha value is -2.61. The van der Waals surface area contributed by atoms with Crippen molar-refractivity contribution in [1.82, 2.24) is 20.2 Å². The molecule has 3 aliphatic heterocycles. The third-order valence-electron chi connectivity index (χ3n) is 7.04. The van der Waals surface area contributed by atoms with Gasteiger partial charge in [0.05, 0.1) is 6.04 Å². The van der Waals surface area contributed by atoms with Crippen LogP contribution in [0.25, 0.3) is 0 Å². The van der Waals surface area contributed by atoms with Crippen molar-refractivity contribution in [2.24, 2.45) is 5.41 Å². The van der Waals surface area contributed by atoms with Crippen LogP contribution in [-0.4, -0.2) is 70.5 Å². The number of benzene rings is 1. The fourth-order valence-electron chi connectivity index (χ4n) is 5.42. The van der Waals surface area contributed by atoms with Crippen molar-refractivity contribution in [3.63, 3.8) is 0 Å². The molecule has 0 radical (unpaired) electrons. The van der Waals surface area contributed by atoms with Gasteiger partial charge in [0.2, 0.25) is 11.8 Å². The lowest BCUT2D eigenvalue weighted by Gasteiger charge is -2.59. The molecule has 160 valence electrons. The average molecular weight is 412 g/mol. The number of hydroxylamine groups is 2. The molecule has 1 aromatic carbocycles. The van der Waals surface area contributed by atoms with Gasteiger partial charge in [-0.2, -0.15) is 5.06 Å². The number of fused-ring (bicyclic) bond motifs is 2. The number of likely N-dealkylation sites (tertiary alicyclic amines) is 1. The van der Waals surface area contributed by atoms with E-state index in [1.807, 2.05) is 35.2 Å². The van der Waals surface area contributed by atoms with E-state index in [9.17, 15) is 14.4 Å². The van der Waals surface area contributed by atoms with Crippen LogP contribution in [0.15, 0.2) is 30.3 Å². The molecule has 2 atom stereocenters. The van der Waals surface area contributed by atoms with Crippen molar-refractivity contribution in [1.29, 1.82) is 0 Å². The van der Waals surface area contributed by atoms with E-state index in [0.717, 1.165) is 37.9 Å². The second-order valence-electron chi connectivity index (χ2n) is 9.26. The molecule has 4 fully saturated rings. The Bertz CT molecular complexity index is 846. The molecule has 0 unspecified atom stereocenters. The Balaban J connectivity index is 1.13. The summed E-state index contributed by atoms with van der Waals surface area (Å²) in [5.41, 5.74) is 1.21. The van der Waals surface area contributed by atoms with E-state index in [-0.39, 0.29) is 35.3 Å². The molecule has 1 N–H and O–H groups in total. The maximum absolute atomic E-state index is 12.9. The van der Waals surface area contributed by atoms with Crippen LogP contribution in [0.2, 0.25) is 0 Å². The smallest absolute Gasteiger partial charge is 0.345 e. The maximum atomic E-state index is 12.9. The van der Waals surface area contributed by atoms with Gasteiger partial charge in [-0.15, -0.1) is 0 Å². The van der Waals surface area contributed by atoms with Gasteiger partial charge in [0, 0.05) is 38.0 Å². The van der Waals surface area contributed by atoms with Crippen LogP contribution in [0.3, 0.4) is 0 Å². The zero-order valence-electron chi connectivity index (χ0n) is 17.3. The molecule has 3 saturated heterocycles. The first-order chi connectivity index (χ1) is 14.4. The highest BCUT2D eigenvalue weighted by Gasteiger charge is 2.54. The number of rotatable bonds is 5. The molecular formula is C22H28N4O4. The van der Waals surface area contributed by atoms with Crippen molar-refractivity contribution in [2.75, 3.05) is 19.6 Å². The van der Waals surface area contributed by atoms with Crippen LogP contribution in [-0.2, 0) is 21.0 Å². The molecule has 1 spiro atoms. The Morgan fingerprint density at radius 1 is 1.17 bits per heavy atom. The van der Waals surface area contributed by atoms with Crippen molar-refractivity contribution >= 4 is 17.8 Å². The fourth-order valence-corrected chi connectivity index (χ4v) is 5.42. The van der Waals surface area contributed by atoms with Gasteiger partial charge in [-0.05, 0) is 31.2 Å². The Morgan fingerprint density at radius 2 is 1.90 bits per heavy atom. The van der Waals surface area contributed by atoms with E-state index >= 15 is 0 Å².